The molecule has 0 aliphatic rings. The fourth-order valence-corrected chi connectivity index (χ4v) is 2.30. The van der Waals surface area contributed by atoms with Gasteiger partial charge in [-0.05, 0) is 30.4 Å². The lowest BCUT2D eigenvalue weighted by molar-refractivity contribution is 0.212. The van der Waals surface area contributed by atoms with E-state index in [-0.39, 0.29) is 6.10 Å². The van der Waals surface area contributed by atoms with Gasteiger partial charge in [0.15, 0.2) is 0 Å². The van der Waals surface area contributed by atoms with Gasteiger partial charge in [0, 0.05) is 11.9 Å². The molecule has 0 saturated heterocycles. The van der Waals surface area contributed by atoms with Crippen LogP contribution in [0.3, 0.4) is 0 Å². The third kappa shape index (κ3) is 2.65. The number of fused-ring (bicyclic) bond motifs is 1. The molecule has 1 unspecified atom stereocenters. The van der Waals surface area contributed by atoms with Gasteiger partial charge < -0.3 is 10.5 Å². The minimum atomic E-state index is 0.252. The van der Waals surface area contributed by atoms with E-state index >= 15 is 0 Å². The van der Waals surface area contributed by atoms with Crippen molar-refractivity contribution in [1.82, 2.24) is 0 Å². The van der Waals surface area contributed by atoms with Crippen LogP contribution >= 0.6 is 0 Å². The molecular formula is C16H21NO. The average Bonchev–Trinajstić information content (AvgIpc) is 2.39. The first-order chi connectivity index (χ1) is 8.76. The lowest BCUT2D eigenvalue weighted by Crippen LogP contribution is -2.11. The van der Waals surface area contributed by atoms with E-state index in [0.717, 1.165) is 24.0 Å². The summed E-state index contributed by atoms with van der Waals surface area (Å²) in [6.07, 6.45) is 2.47. The Kier molecular flexibility index (Phi) is 4.21. The molecule has 96 valence electrons. The average molecular weight is 243 g/mol. The highest BCUT2D eigenvalue weighted by Crippen LogP contribution is 2.29. The predicted molar refractivity (Wildman–Crippen MR) is 76.8 cm³/mol. The molecule has 2 aromatic rings. The van der Waals surface area contributed by atoms with Gasteiger partial charge in [-0.25, -0.2) is 0 Å². The van der Waals surface area contributed by atoms with Gasteiger partial charge in [0.25, 0.3) is 0 Å². The summed E-state index contributed by atoms with van der Waals surface area (Å²) in [5.41, 5.74) is 6.94. The minimum Gasteiger partial charge on any atom is -0.490 e. The zero-order chi connectivity index (χ0) is 13.0. The SMILES string of the molecule is CCCC(C)Oc1ccc(CN)c2ccccc12. The molecule has 18 heavy (non-hydrogen) atoms. The second-order valence-electron chi connectivity index (χ2n) is 4.69. The molecule has 0 fully saturated rings. The normalized spacial score (nSPS) is 12.6. The maximum Gasteiger partial charge on any atom is 0.127 e. The molecule has 2 aromatic carbocycles. The Hall–Kier alpha value is -1.54. The van der Waals surface area contributed by atoms with Gasteiger partial charge in [-0.3, -0.25) is 0 Å². The summed E-state index contributed by atoms with van der Waals surface area (Å²) in [6.45, 7) is 4.86. The van der Waals surface area contributed by atoms with Crippen molar-refractivity contribution in [2.45, 2.75) is 39.3 Å². The smallest absolute Gasteiger partial charge is 0.127 e. The lowest BCUT2D eigenvalue weighted by atomic mass is 10.0. The van der Waals surface area contributed by atoms with Crippen molar-refractivity contribution < 1.29 is 4.74 Å². The zero-order valence-corrected chi connectivity index (χ0v) is 11.1. The Balaban J connectivity index is 2.40. The van der Waals surface area contributed by atoms with E-state index in [1.54, 1.807) is 0 Å². The van der Waals surface area contributed by atoms with Crippen LogP contribution in [0.5, 0.6) is 5.75 Å². The Bertz CT molecular complexity index is 521. The van der Waals surface area contributed by atoms with Crippen molar-refractivity contribution in [3.63, 3.8) is 0 Å². The van der Waals surface area contributed by atoms with Crippen LogP contribution in [-0.4, -0.2) is 6.10 Å². The van der Waals surface area contributed by atoms with Crippen LogP contribution < -0.4 is 10.5 Å². The Labute approximate surface area is 109 Å². The number of benzene rings is 2. The molecule has 0 radical (unpaired) electrons. The van der Waals surface area contributed by atoms with Crippen molar-refractivity contribution in [2.75, 3.05) is 0 Å². The first kappa shape index (κ1) is 12.9. The van der Waals surface area contributed by atoms with Crippen LogP contribution in [0.1, 0.15) is 32.3 Å². The van der Waals surface area contributed by atoms with Gasteiger partial charge >= 0.3 is 0 Å². The van der Waals surface area contributed by atoms with Crippen LogP contribution in [0.25, 0.3) is 10.8 Å². The third-order valence-electron chi connectivity index (χ3n) is 3.22. The van der Waals surface area contributed by atoms with Gasteiger partial charge in [-0.15, -0.1) is 0 Å². The third-order valence-corrected chi connectivity index (χ3v) is 3.22. The lowest BCUT2D eigenvalue weighted by Gasteiger charge is -2.16. The summed E-state index contributed by atoms with van der Waals surface area (Å²) in [5, 5.41) is 2.35. The number of ether oxygens (including phenoxy) is 1. The minimum absolute atomic E-state index is 0.252. The van der Waals surface area contributed by atoms with E-state index < -0.39 is 0 Å². The van der Waals surface area contributed by atoms with Crippen LogP contribution in [0.4, 0.5) is 0 Å². The van der Waals surface area contributed by atoms with E-state index in [9.17, 15) is 0 Å². The molecule has 0 aromatic heterocycles. The summed E-state index contributed by atoms with van der Waals surface area (Å²) >= 11 is 0. The molecule has 2 heteroatoms. The zero-order valence-electron chi connectivity index (χ0n) is 11.1. The molecule has 0 heterocycles. The van der Waals surface area contributed by atoms with Gasteiger partial charge in [0.1, 0.15) is 5.75 Å². The molecule has 2 rings (SSSR count). The van der Waals surface area contributed by atoms with Crippen LogP contribution in [0.2, 0.25) is 0 Å². The highest BCUT2D eigenvalue weighted by Gasteiger charge is 2.08. The highest BCUT2D eigenvalue weighted by molar-refractivity contribution is 5.91. The summed E-state index contributed by atoms with van der Waals surface area (Å²) in [7, 11) is 0. The maximum atomic E-state index is 6.03. The molecule has 0 bridgehead atoms. The quantitative estimate of drug-likeness (QED) is 0.865. The largest absolute Gasteiger partial charge is 0.490 e. The summed E-state index contributed by atoms with van der Waals surface area (Å²) in [4.78, 5) is 0. The first-order valence-corrected chi connectivity index (χ1v) is 6.63. The second-order valence-corrected chi connectivity index (χ2v) is 4.69. The molecule has 0 aliphatic heterocycles. The van der Waals surface area contributed by atoms with Gasteiger partial charge in [-0.1, -0.05) is 43.7 Å². The highest BCUT2D eigenvalue weighted by atomic mass is 16.5. The van der Waals surface area contributed by atoms with E-state index in [1.807, 2.05) is 18.2 Å². The van der Waals surface area contributed by atoms with Crippen molar-refractivity contribution in [3.05, 3.63) is 42.0 Å². The van der Waals surface area contributed by atoms with E-state index in [1.165, 1.54) is 10.9 Å². The molecule has 1 atom stereocenters. The number of hydrogen-bond acceptors (Lipinski definition) is 2. The van der Waals surface area contributed by atoms with Crippen LogP contribution in [-0.2, 0) is 6.54 Å². The van der Waals surface area contributed by atoms with Gasteiger partial charge in [0.05, 0.1) is 6.10 Å². The van der Waals surface area contributed by atoms with Crippen LogP contribution in [0.15, 0.2) is 36.4 Å². The molecule has 0 saturated carbocycles. The van der Waals surface area contributed by atoms with Crippen molar-refractivity contribution in [2.24, 2.45) is 5.73 Å². The summed E-state index contributed by atoms with van der Waals surface area (Å²) in [6, 6.07) is 12.4. The van der Waals surface area contributed by atoms with Crippen molar-refractivity contribution >= 4 is 10.8 Å². The Morgan fingerprint density at radius 1 is 1.11 bits per heavy atom. The van der Waals surface area contributed by atoms with E-state index in [2.05, 4.69) is 32.0 Å². The summed E-state index contributed by atoms with van der Waals surface area (Å²) in [5.74, 6) is 0.962. The Morgan fingerprint density at radius 3 is 2.50 bits per heavy atom. The monoisotopic (exact) mass is 243 g/mol. The summed E-state index contributed by atoms with van der Waals surface area (Å²) < 4.78 is 6.03. The maximum absolute atomic E-state index is 6.03. The van der Waals surface area contributed by atoms with E-state index in [4.69, 9.17) is 10.5 Å². The van der Waals surface area contributed by atoms with Gasteiger partial charge in [0.2, 0.25) is 0 Å². The molecule has 2 N–H and O–H groups in total. The fourth-order valence-electron chi connectivity index (χ4n) is 2.30. The molecule has 2 nitrogen and oxygen atoms in total. The first-order valence-electron chi connectivity index (χ1n) is 6.63. The topological polar surface area (TPSA) is 35.2 Å². The molecule has 0 aliphatic carbocycles. The standard InChI is InChI=1S/C16H21NO/c1-3-6-12(2)18-16-10-9-13(11-17)14-7-4-5-8-15(14)16/h4-5,7-10,12H,3,6,11,17H2,1-2H3. The second kappa shape index (κ2) is 5.87. The van der Waals surface area contributed by atoms with Gasteiger partial charge in [-0.2, -0.15) is 0 Å². The number of nitrogens with two attached hydrogens (primary N) is 1. The van der Waals surface area contributed by atoms with Crippen molar-refractivity contribution in [1.29, 1.82) is 0 Å². The predicted octanol–water partition coefficient (Wildman–Crippen LogP) is 3.87. The van der Waals surface area contributed by atoms with E-state index in [0.29, 0.717) is 6.54 Å². The molecule has 0 amide bonds. The Morgan fingerprint density at radius 2 is 1.83 bits per heavy atom. The van der Waals surface area contributed by atoms with Crippen LogP contribution in [0, 0.1) is 0 Å². The number of rotatable bonds is 5. The number of hydrogen-bond donors (Lipinski definition) is 1. The van der Waals surface area contributed by atoms with Crippen molar-refractivity contribution in [3.8, 4) is 5.75 Å². The molecular weight excluding hydrogens is 222 g/mol. The molecule has 0 spiro atoms. The fraction of sp³-hybridized carbons (Fsp3) is 0.375.